The van der Waals surface area contributed by atoms with E-state index < -0.39 is 11.0 Å². The fraction of sp³-hybridized carbons (Fsp3) is 0.450. The third-order valence-electron chi connectivity index (χ3n) is 5.36. The maximum Gasteiger partial charge on any atom is 0.146 e. The van der Waals surface area contributed by atoms with Crippen LogP contribution in [0.3, 0.4) is 0 Å². The van der Waals surface area contributed by atoms with Crippen molar-refractivity contribution in [2.24, 2.45) is 0 Å². The first kappa shape index (κ1) is 18.5. The van der Waals surface area contributed by atoms with Gasteiger partial charge in [-0.3, -0.25) is 0 Å². The van der Waals surface area contributed by atoms with Gasteiger partial charge in [0.25, 0.3) is 0 Å². The zero-order chi connectivity index (χ0) is 18.6. The highest BCUT2D eigenvalue weighted by atomic mass is 32.2. The van der Waals surface area contributed by atoms with E-state index in [0.29, 0.717) is 18.1 Å². The first-order chi connectivity index (χ1) is 13.2. The molecule has 0 amide bonds. The molecule has 1 aromatic carbocycles. The lowest BCUT2D eigenvalue weighted by atomic mass is 9.90. The summed E-state index contributed by atoms with van der Waals surface area (Å²) in [6, 6.07) is 12.7. The Morgan fingerprint density at radius 2 is 1.74 bits per heavy atom. The minimum atomic E-state index is -1.28. The molecule has 1 N–H and O–H groups in total. The minimum absolute atomic E-state index is 0.137. The van der Waals surface area contributed by atoms with E-state index in [1.807, 2.05) is 34.6 Å². The second kappa shape index (κ2) is 8.46. The maximum atomic E-state index is 14.0. The van der Waals surface area contributed by atoms with Crippen LogP contribution in [0, 0.1) is 5.82 Å². The van der Waals surface area contributed by atoms with Crippen molar-refractivity contribution >= 4 is 16.8 Å². The fourth-order valence-electron chi connectivity index (χ4n) is 3.84. The van der Waals surface area contributed by atoms with Gasteiger partial charge in [-0.1, -0.05) is 24.3 Å². The van der Waals surface area contributed by atoms with E-state index in [1.54, 1.807) is 6.07 Å². The normalized spacial score (nSPS) is 20.6. The van der Waals surface area contributed by atoms with Crippen LogP contribution in [0.1, 0.15) is 24.3 Å². The molecule has 0 saturated carbocycles. The molecule has 0 radical (unpaired) electrons. The monoisotopic (exact) mass is 388 g/mol. The third kappa shape index (κ3) is 4.20. The summed E-state index contributed by atoms with van der Waals surface area (Å²) in [6.45, 7) is 5.08. The Morgan fingerprint density at radius 1 is 1.00 bits per heavy atom. The smallest absolute Gasteiger partial charge is 0.146 e. The summed E-state index contributed by atoms with van der Waals surface area (Å²) < 4.78 is 29.0. The molecule has 4 rings (SSSR count). The molecule has 2 saturated heterocycles. The standard InChI is InChI=1S/C20H25FN4OS/c21-18-5-2-1-4-17(18)16-8-12-25(13-9-16)27(26)20-7-3-6-19(23-20)24-14-10-22-11-15-24/h1-7,16,22H,8-15H2. The zero-order valence-electron chi connectivity index (χ0n) is 15.3. The molecule has 2 aromatic rings. The zero-order valence-corrected chi connectivity index (χ0v) is 16.1. The predicted molar refractivity (Wildman–Crippen MR) is 106 cm³/mol. The summed E-state index contributed by atoms with van der Waals surface area (Å²) in [5, 5.41) is 3.94. The average molecular weight is 389 g/mol. The van der Waals surface area contributed by atoms with Gasteiger partial charge in [0.2, 0.25) is 0 Å². The second-order valence-corrected chi connectivity index (χ2v) is 8.48. The van der Waals surface area contributed by atoms with Gasteiger partial charge in [-0.15, -0.1) is 0 Å². The molecular weight excluding hydrogens is 363 g/mol. The van der Waals surface area contributed by atoms with Gasteiger partial charge in [0.05, 0.1) is 0 Å². The van der Waals surface area contributed by atoms with Crippen LogP contribution < -0.4 is 10.2 Å². The molecule has 2 fully saturated rings. The molecule has 0 aliphatic carbocycles. The molecule has 0 bridgehead atoms. The number of aromatic nitrogens is 1. The Kier molecular flexibility index (Phi) is 5.80. The Labute approximate surface area is 162 Å². The molecule has 5 nitrogen and oxygen atoms in total. The van der Waals surface area contributed by atoms with Crippen LogP contribution in [0.25, 0.3) is 0 Å². The highest BCUT2D eigenvalue weighted by molar-refractivity contribution is 7.82. The number of hydrogen-bond acceptors (Lipinski definition) is 4. The van der Waals surface area contributed by atoms with Crippen molar-refractivity contribution in [3.8, 4) is 0 Å². The van der Waals surface area contributed by atoms with Crippen LogP contribution in [0.2, 0.25) is 0 Å². The average Bonchev–Trinajstić information content (AvgIpc) is 2.74. The van der Waals surface area contributed by atoms with E-state index >= 15 is 0 Å². The summed E-state index contributed by atoms with van der Waals surface area (Å²) in [5.74, 6) is 0.950. The van der Waals surface area contributed by atoms with Crippen molar-refractivity contribution in [2.45, 2.75) is 23.8 Å². The number of nitrogens with one attached hydrogen (secondary N) is 1. The largest absolute Gasteiger partial charge is 0.354 e. The number of anilines is 1. The molecule has 1 atom stereocenters. The number of piperidine rings is 1. The molecular formula is C20H25FN4OS. The van der Waals surface area contributed by atoms with Crippen LogP contribution in [-0.2, 0) is 11.0 Å². The summed E-state index contributed by atoms with van der Waals surface area (Å²) in [6.07, 6.45) is 1.62. The topological polar surface area (TPSA) is 48.5 Å². The number of pyridine rings is 1. The lowest BCUT2D eigenvalue weighted by molar-refractivity contribution is 0.329. The van der Waals surface area contributed by atoms with E-state index in [9.17, 15) is 8.60 Å². The maximum absolute atomic E-state index is 14.0. The van der Waals surface area contributed by atoms with Crippen molar-refractivity contribution in [3.05, 3.63) is 53.8 Å². The summed E-state index contributed by atoms with van der Waals surface area (Å²) in [7, 11) is -1.28. The van der Waals surface area contributed by atoms with Gasteiger partial charge in [-0.05, 0) is 42.5 Å². The summed E-state index contributed by atoms with van der Waals surface area (Å²) >= 11 is 0. The number of hydrogen-bond donors (Lipinski definition) is 1. The molecule has 1 aromatic heterocycles. The van der Waals surface area contributed by atoms with Gasteiger partial charge >= 0.3 is 0 Å². The van der Waals surface area contributed by atoms with E-state index in [2.05, 4.69) is 15.2 Å². The van der Waals surface area contributed by atoms with E-state index in [4.69, 9.17) is 0 Å². The SMILES string of the molecule is O=S(c1cccc(N2CCNCC2)n1)N1CCC(c2ccccc2F)CC1. The van der Waals surface area contributed by atoms with Gasteiger partial charge in [0, 0.05) is 39.3 Å². The number of halogens is 1. The van der Waals surface area contributed by atoms with Gasteiger partial charge < -0.3 is 10.2 Å². The van der Waals surface area contributed by atoms with Crippen molar-refractivity contribution in [2.75, 3.05) is 44.2 Å². The highest BCUT2D eigenvalue weighted by Crippen LogP contribution is 2.31. The summed E-state index contributed by atoms with van der Waals surface area (Å²) in [4.78, 5) is 6.88. The molecule has 2 aliphatic heterocycles. The molecule has 27 heavy (non-hydrogen) atoms. The van der Waals surface area contributed by atoms with Crippen molar-refractivity contribution in [1.29, 1.82) is 0 Å². The lowest BCUT2D eigenvalue weighted by Crippen LogP contribution is -2.44. The molecule has 2 aliphatic rings. The number of nitrogens with zero attached hydrogens (tertiary/aromatic N) is 3. The van der Waals surface area contributed by atoms with Crippen molar-refractivity contribution in [3.63, 3.8) is 0 Å². The highest BCUT2D eigenvalue weighted by Gasteiger charge is 2.27. The number of piperazine rings is 1. The van der Waals surface area contributed by atoms with Crippen LogP contribution >= 0.6 is 0 Å². The Hall–Kier alpha value is -1.83. The van der Waals surface area contributed by atoms with E-state index in [1.165, 1.54) is 6.07 Å². The fourth-order valence-corrected chi connectivity index (χ4v) is 5.02. The van der Waals surface area contributed by atoms with Crippen molar-refractivity contribution < 1.29 is 8.60 Å². The number of benzene rings is 1. The Balaban J connectivity index is 1.41. The van der Waals surface area contributed by atoms with E-state index in [-0.39, 0.29) is 11.7 Å². The number of rotatable bonds is 4. The van der Waals surface area contributed by atoms with Crippen LogP contribution in [-0.4, -0.2) is 52.8 Å². The van der Waals surface area contributed by atoms with Gasteiger partial charge in [-0.2, -0.15) is 0 Å². The quantitative estimate of drug-likeness (QED) is 0.875. The van der Waals surface area contributed by atoms with Crippen LogP contribution in [0.15, 0.2) is 47.5 Å². The third-order valence-corrected chi connectivity index (χ3v) is 6.78. The molecule has 0 spiro atoms. The Morgan fingerprint density at radius 3 is 2.48 bits per heavy atom. The Bertz CT molecular complexity index is 804. The van der Waals surface area contributed by atoms with Crippen LogP contribution in [0.4, 0.5) is 10.2 Å². The first-order valence-electron chi connectivity index (χ1n) is 9.56. The predicted octanol–water partition coefficient (Wildman–Crippen LogP) is 2.53. The van der Waals surface area contributed by atoms with Crippen molar-refractivity contribution in [1.82, 2.24) is 14.6 Å². The van der Waals surface area contributed by atoms with Gasteiger partial charge in [0.1, 0.15) is 27.6 Å². The molecule has 1 unspecified atom stereocenters. The molecule has 3 heterocycles. The minimum Gasteiger partial charge on any atom is -0.354 e. The van der Waals surface area contributed by atoms with Crippen LogP contribution in [0.5, 0.6) is 0 Å². The summed E-state index contributed by atoms with van der Waals surface area (Å²) in [5.41, 5.74) is 0.779. The first-order valence-corrected chi connectivity index (χ1v) is 10.7. The van der Waals surface area contributed by atoms with Gasteiger partial charge in [0.15, 0.2) is 0 Å². The second-order valence-electron chi connectivity index (χ2n) is 7.05. The lowest BCUT2D eigenvalue weighted by Gasteiger charge is -2.31. The molecule has 144 valence electrons. The van der Waals surface area contributed by atoms with E-state index in [0.717, 1.165) is 50.4 Å². The van der Waals surface area contributed by atoms with Gasteiger partial charge in [-0.25, -0.2) is 17.9 Å². The molecule has 7 heteroatoms.